The second-order valence-electron chi connectivity index (χ2n) is 7.07. The number of carbonyl (C=O) groups excluding carboxylic acids is 2. The van der Waals surface area contributed by atoms with Gasteiger partial charge in [0.25, 0.3) is 5.91 Å². The second kappa shape index (κ2) is 7.69. The molecule has 0 fully saturated rings. The van der Waals surface area contributed by atoms with E-state index in [-0.39, 0.29) is 11.9 Å². The van der Waals surface area contributed by atoms with Crippen molar-refractivity contribution in [2.24, 2.45) is 0 Å². The molecular formula is C19H26N6O2. The molecule has 2 heterocycles. The number of hydrogen-bond acceptors (Lipinski definition) is 4. The van der Waals surface area contributed by atoms with E-state index in [1.807, 2.05) is 54.0 Å². The monoisotopic (exact) mass is 370 g/mol. The number of anilines is 1. The summed E-state index contributed by atoms with van der Waals surface area (Å²) >= 11 is 0. The Bertz CT molecular complexity index is 825. The van der Waals surface area contributed by atoms with E-state index < -0.39 is 0 Å². The van der Waals surface area contributed by atoms with Crippen molar-refractivity contribution in [3.05, 3.63) is 47.3 Å². The van der Waals surface area contributed by atoms with Crippen molar-refractivity contribution >= 4 is 17.6 Å². The summed E-state index contributed by atoms with van der Waals surface area (Å²) in [7, 11) is 7.42. The van der Waals surface area contributed by atoms with E-state index in [1.54, 1.807) is 23.9 Å². The molecule has 144 valence electrons. The maximum atomic E-state index is 12.3. The van der Waals surface area contributed by atoms with Gasteiger partial charge in [0.05, 0.1) is 31.0 Å². The van der Waals surface area contributed by atoms with Gasteiger partial charge in [-0.1, -0.05) is 0 Å². The summed E-state index contributed by atoms with van der Waals surface area (Å²) in [6.45, 7) is 2.18. The Morgan fingerprint density at radius 1 is 1.11 bits per heavy atom. The number of urea groups is 1. The number of hydrogen-bond donors (Lipinski definition) is 1. The molecule has 0 radical (unpaired) electrons. The highest BCUT2D eigenvalue weighted by molar-refractivity contribution is 5.94. The smallest absolute Gasteiger partial charge is 0.319 e. The molecule has 2 aromatic rings. The summed E-state index contributed by atoms with van der Waals surface area (Å²) in [5, 5.41) is 7.44. The first kappa shape index (κ1) is 18.8. The molecule has 3 amide bonds. The Kier molecular flexibility index (Phi) is 5.34. The Balaban J connectivity index is 1.60. The van der Waals surface area contributed by atoms with Gasteiger partial charge in [-0.15, -0.1) is 0 Å². The van der Waals surface area contributed by atoms with E-state index in [1.165, 1.54) is 0 Å². The van der Waals surface area contributed by atoms with Gasteiger partial charge in [0.15, 0.2) is 0 Å². The molecule has 8 heteroatoms. The van der Waals surface area contributed by atoms with Crippen LogP contribution in [0.1, 0.15) is 21.7 Å². The summed E-state index contributed by atoms with van der Waals surface area (Å²) in [6, 6.07) is 9.41. The molecule has 1 aliphatic rings. The lowest BCUT2D eigenvalue weighted by Gasteiger charge is -2.29. The number of nitrogens with one attached hydrogen (secondary N) is 1. The van der Waals surface area contributed by atoms with Crippen molar-refractivity contribution in [1.82, 2.24) is 24.9 Å². The van der Waals surface area contributed by atoms with Gasteiger partial charge in [-0.05, 0) is 30.3 Å². The molecule has 27 heavy (non-hydrogen) atoms. The molecule has 0 unspecified atom stereocenters. The van der Waals surface area contributed by atoms with Crippen LogP contribution < -0.4 is 10.2 Å². The van der Waals surface area contributed by atoms with Gasteiger partial charge in [-0.3, -0.25) is 9.48 Å². The highest BCUT2D eigenvalue weighted by atomic mass is 16.2. The molecule has 0 spiro atoms. The lowest BCUT2D eigenvalue weighted by atomic mass is 10.2. The van der Waals surface area contributed by atoms with Gasteiger partial charge in [0.2, 0.25) is 0 Å². The molecule has 1 N–H and O–H groups in total. The highest BCUT2D eigenvalue weighted by Crippen LogP contribution is 2.15. The fourth-order valence-corrected chi connectivity index (χ4v) is 3.04. The van der Waals surface area contributed by atoms with Gasteiger partial charge in [0.1, 0.15) is 0 Å². The maximum absolute atomic E-state index is 12.3. The van der Waals surface area contributed by atoms with Crippen molar-refractivity contribution in [3.8, 4) is 0 Å². The van der Waals surface area contributed by atoms with Crippen molar-refractivity contribution in [3.63, 3.8) is 0 Å². The standard InChI is InChI=1S/C19H26N6O2/c1-22(2)16-7-5-14(6-8-16)18(26)20-12-15-11-17-13-24(19(27)23(3)4)9-10-25(17)21-15/h5-8,11H,9-10,12-13H2,1-4H3,(H,20,26). The molecule has 0 saturated heterocycles. The van der Waals surface area contributed by atoms with Crippen LogP contribution in [0, 0.1) is 0 Å². The Labute approximate surface area is 159 Å². The van der Waals surface area contributed by atoms with Crippen LogP contribution >= 0.6 is 0 Å². The van der Waals surface area contributed by atoms with Crippen molar-refractivity contribution in [1.29, 1.82) is 0 Å². The summed E-state index contributed by atoms with van der Waals surface area (Å²) in [5.74, 6) is -0.129. The van der Waals surface area contributed by atoms with E-state index in [9.17, 15) is 9.59 Å². The molecule has 1 aliphatic heterocycles. The zero-order chi connectivity index (χ0) is 19.6. The lowest BCUT2D eigenvalue weighted by Crippen LogP contribution is -2.43. The van der Waals surface area contributed by atoms with E-state index in [0.717, 1.165) is 17.1 Å². The first-order valence-electron chi connectivity index (χ1n) is 8.92. The number of fused-ring (bicyclic) bond motifs is 1. The van der Waals surface area contributed by atoms with Gasteiger partial charge in [0, 0.05) is 46.0 Å². The third-order valence-electron chi connectivity index (χ3n) is 4.58. The van der Waals surface area contributed by atoms with E-state index in [2.05, 4.69) is 10.4 Å². The second-order valence-corrected chi connectivity index (χ2v) is 7.07. The van der Waals surface area contributed by atoms with Gasteiger partial charge >= 0.3 is 6.03 Å². The van der Waals surface area contributed by atoms with E-state index >= 15 is 0 Å². The fraction of sp³-hybridized carbons (Fsp3) is 0.421. The number of aromatic nitrogens is 2. The molecule has 8 nitrogen and oxygen atoms in total. The average Bonchev–Trinajstić information content (AvgIpc) is 3.07. The molecule has 3 rings (SSSR count). The highest BCUT2D eigenvalue weighted by Gasteiger charge is 2.23. The van der Waals surface area contributed by atoms with Crippen LogP contribution in [0.2, 0.25) is 0 Å². The fourth-order valence-electron chi connectivity index (χ4n) is 3.04. The summed E-state index contributed by atoms with van der Waals surface area (Å²) in [4.78, 5) is 29.8. The number of benzene rings is 1. The Hall–Kier alpha value is -3.03. The van der Waals surface area contributed by atoms with Crippen molar-refractivity contribution in [2.45, 2.75) is 19.6 Å². The lowest BCUT2D eigenvalue weighted by molar-refractivity contribution is 0.0950. The van der Waals surface area contributed by atoms with Crippen LogP contribution in [0.5, 0.6) is 0 Å². The van der Waals surface area contributed by atoms with Crippen LogP contribution in [0.15, 0.2) is 30.3 Å². The third-order valence-corrected chi connectivity index (χ3v) is 4.58. The number of nitrogens with zero attached hydrogens (tertiary/aromatic N) is 5. The minimum Gasteiger partial charge on any atom is -0.378 e. The predicted molar refractivity (Wildman–Crippen MR) is 104 cm³/mol. The summed E-state index contributed by atoms with van der Waals surface area (Å²) < 4.78 is 1.91. The number of amides is 3. The largest absolute Gasteiger partial charge is 0.378 e. The minimum absolute atomic E-state index is 0.00141. The predicted octanol–water partition coefficient (Wildman–Crippen LogP) is 1.38. The molecule has 1 aromatic heterocycles. The van der Waals surface area contributed by atoms with Gasteiger partial charge < -0.3 is 20.0 Å². The zero-order valence-corrected chi connectivity index (χ0v) is 16.3. The molecule has 0 atom stereocenters. The normalized spacial score (nSPS) is 13.1. The van der Waals surface area contributed by atoms with Crippen LogP contribution in [-0.2, 0) is 19.6 Å². The van der Waals surface area contributed by atoms with Gasteiger partial charge in [-0.25, -0.2) is 4.79 Å². The summed E-state index contributed by atoms with van der Waals surface area (Å²) in [5.41, 5.74) is 3.44. The first-order chi connectivity index (χ1) is 12.8. The topological polar surface area (TPSA) is 73.7 Å². The molecule has 1 aromatic carbocycles. The van der Waals surface area contributed by atoms with E-state index in [0.29, 0.717) is 31.7 Å². The molecule has 0 aliphatic carbocycles. The molecule has 0 saturated carbocycles. The molecule has 0 bridgehead atoms. The third kappa shape index (κ3) is 4.21. The number of carbonyl (C=O) groups is 2. The van der Waals surface area contributed by atoms with Crippen LogP contribution in [0.4, 0.5) is 10.5 Å². The Morgan fingerprint density at radius 2 is 1.81 bits per heavy atom. The van der Waals surface area contributed by atoms with Crippen LogP contribution in [-0.4, -0.2) is 66.3 Å². The number of rotatable bonds is 4. The quantitative estimate of drug-likeness (QED) is 0.882. The SMILES string of the molecule is CN(C)C(=O)N1CCn2nc(CNC(=O)c3ccc(N(C)C)cc3)cc2C1. The van der Waals surface area contributed by atoms with Crippen LogP contribution in [0.3, 0.4) is 0 Å². The average molecular weight is 370 g/mol. The van der Waals surface area contributed by atoms with Crippen molar-refractivity contribution in [2.75, 3.05) is 39.6 Å². The Morgan fingerprint density at radius 3 is 2.44 bits per heavy atom. The van der Waals surface area contributed by atoms with Crippen LogP contribution in [0.25, 0.3) is 0 Å². The first-order valence-corrected chi connectivity index (χ1v) is 8.92. The van der Waals surface area contributed by atoms with Crippen molar-refractivity contribution < 1.29 is 9.59 Å². The van der Waals surface area contributed by atoms with E-state index in [4.69, 9.17) is 0 Å². The maximum Gasteiger partial charge on any atom is 0.319 e. The molecular weight excluding hydrogens is 344 g/mol. The zero-order valence-electron chi connectivity index (χ0n) is 16.3. The summed E-state index contributed by atoms with van der Waals surface area (Å²) in [6.07, 6.45) is 0. The van der Waals surface area contributed by atoms with Gasteiger partial charge in [-0.2, -0.15) is 5.10 Å². The minimum atomic E-state index is -0.129.